The number of non-ortho nitro benzene ring substituents is 1. The molecule has 2 heterocycles. The lowest BCUT2D eigenvalue weighted by molar-refractivity contribution is -0.384. The first-order valence-electron chi connectivity index (χ1n) is 8.03. The summed E-state index contributed by atoms with van der Waals surface area (Å²) in [5.41, 5.74) is 2.96. The molecule has 0 aliphatic rings. The summed E-state index contributed by atoms with van der Waals surface area (Å²) >= 11 is 3.14. The van der Waals surface area contributed by atoms with Crippen LogP contribution in [0.4, 0.5) is 5.69 Å². The fourth-order valence-corrected chi connectivity index (χ4v) is 4.05. The average molecular weight is 387 g/mol. The molecule has 3 rings (SSSR count). The van der Waals surface area contributed by atoms with Crippen LogP contribution in [0.5, 0.6) is 0 Å². The predicted octanol–water partition coefficient (Wildman–Crippen LogP) is 4.69. The minimum absolute atomic E-state index is 0.0698. The van der Waals surface area contributed by atoms with Crippen molar-refractivity contribution >= 4 is 34.6 Å². The quantitative estimate of drug-likeness (QED) is 0.363. The topological polar surface area (TPSA) is 72.8 Å². The standard InChI is InChI=1S/C18H18N4O2S2/c1-12(2)20-18-21(19-10-17-13(3)8-9-25-17)16(11-26-18)14-4-6-15(7-5-14)22(23)24/h4-12H,1-3H3. The maximum Gasteiger partial charge on any atom is 0.269 e. The molecule has 0 saturated carbocycles. The molecule has 8 heteroatoms. The monoisotopic (exact) mass is 386 g/mol. The molecule has 0 saturated heterocycles. The Bertz CT molecular complexity index is 1010. The summed E-state index contributed by atoms with van der Waals surface area (Å²) in [5.74, 6) is 0. The summed E-state index contributed by atoms with van der Waals surface area (Å²) in [6, 6.07) is 8.68. The van der Waals surface area contributed by atoms with E-state index >= 15 is 0 Å². The van der Waals surface area contributed by atoms with Gasteiger partial charge < -0.3 is 0 Å². The summed E-state index contributed by atoms with van der Waals surface area (Å²) < 4.78 is 1.80. The van der Waals surface area contributed by atoms with Crippen LogP contribution in [0.2, 0.25) is 0 Å². The van der Waals surface area contributed by atoms with Crippen molar-refractivity contribution in [1.82, 2.24) is 4.68 Å². The second kappa shape index (κ2) is 7.76. The number of rotatable bonds is 5. The molecule has 0 spiro atoms. The fourth-order valence-electron chi connectivity index (χ4n) is 2.30. The van der Waals surface area contributed by atoms with Crippen molar-refractivity contribution in [3.05, 3.63) is 66.4 Å². The van der Waals surface area contributed by atoms with Crippen LogP contribution < -0.4 is 4.80 Å². The van der Waals surface area contributed by atoms with E-state index in [1.54, 1.807) is 28.1 Å². The molecule has 0 amide bonds. The van der Waals surface area contributed by atoms with Gasteiger partial charge in [-0.15, -0.1) is 22.7 Å². The summed E-state index contributed by atoms with van der Waals surface area (Å²) in [4.78, 5) is 17.0. The van der Waals surface area contributed by atoms with Gasteiger partial charge in [-0.25, -0.2) is 4.68 Å². The molecule has 134 valence electrons. The van der Waals surface area contributed by atoms with Gasteiger partial charge in [0.15, 0.2) is 0 Å². The number of nitro groups is 1. The molecule has 6 nitrogen and oxygen atoms in total. The zero-order valence-electron chi connectivity index (χ0n) is 14.6. The van der Waals surface area contributed by atoms with E-state index in [-0.39, 0.29) is 11.7 Å². The van der Waals surface area contributed by atoms with Gasteiger partial charge in [-0.2, -0.15) is 5.10 Å². The lowest BCUT2D eigenvalue weighted by Gasteiger charge is -2.04. The van der Waals surface area contributed by atoms with Crippen LogP contribution >= 0.6 is 22.7 Å². The zero-order chi connectivity index (χ0) is 18.7. The van der Waals surface area contributed by atoms with Crippen molar-refractivity contribution in [3.8, 4) is 11.3 Å². The van der Waals surface area contributed by atoms with Crippen LogP contribution in [0.3, 0.4) is 0 Å². The van der Waals surface area contributed by atoms with Crippen LogP contribution in [0, 0.1) is 17.0 Å². The van der Waals surface area contributed by atoms with E-state index in [2.05, 4.69) is 16.2 Å². The summed E-state index contributed by atoms with van der Waals surface area (Å²) in [6.07, 6.45) is 1.83. The van der Waals surface area contributed by atoms with Crippen LogP contribution in [0.15, 0.2) is 51.2 Å². The van der Waals surface area contributed by atoms with Gasteiger partial charge in [-0.05, 0) is 49.9 Å². The lowest BCUT2D eigenvalue weighted by atomic mass is 10.1. The van der Waals surface area contributed by atoms with E-state index in [9.17, 15) is 10.1 Å². The maximum atomic E-state index is 10.9. The highest BCUT2D eigenvalue weighted by molar-refractivity contribution is 7.11. The minimum atomic E-state index is -0.400. The molecule has 0 unspecified atom stereocenters. The largest absolute Gasteiger partial charge is 0.269 e. The third kappa shape index (κ3) is 3.97. The van der Waals surface area contributed by atoms with Gasteiger partial charge in [-0.1, -0.05) is 0 Å². The van der Waals surface area contributed by atoms with Gasteiger partial charge >= 0.3 is 0 Å². The van der Waals surface area contributed by atoms with Crippen molar-refractivity contribution in [2.45, 2.75) is 26.8 Å². The molecular weight excluding hydrogens is 368 g/mol. The molecule has 1 aromatic carbocycles. The number of aryl methyl sites for hydroxylation is 1. The molecule has 0 aliphatic heterocycles. The zero-order valence-corrected chi connectivity index (χ0v) is 16.3. The van der Waals surface area contributed by atoms with E-state index in [1.807, 2.05) is 37.7 Å². The Balaban J connectivity index is 2.08. The summed E-state index contributed by atoms with van der Waals surface area (Å²) in [7, 11) is 0. The first kappa shape index (κ1) is 18.2. The van der Waals surface area contributed by atoms with Crippen LogP contribution in [0.1, 0.15) is 24.3 Å². The minimum Gasteiger partial charge on any atom is -0.258 e. The second-order valence-corrected chi connectivity index (χ2v) is 7.74. The first-order chi connectivity index (χ1) is 12.5. The highest BCUT2D eigenvalue weighted by Crippen LogP contribution is 2.23. The van der Waals surface area contributed by atoms with E-state index < -0.39 is 4.92 Å². The first-order valence-corrected chi connectivity index (χ1v) is 9.79. The van der Waals surface area contributed by atoms with E-state index in [1.165, 1.54) is 29.0 Å². The number of aromatic nitrogens is 1. The molecule has 0 radical (unpaired) electrons. The third-order valence-corrected chi connectivity index (χ3v) is 5.40. The van der Waals surface area contributed by atoms with Gasteiger partial charge in [0.2, 0.25) is 4.80 Å². The number of benzene rings is 1. The lowest BCUT2D eigenvalue weighted by Crippen LogP contribution is -2.14. The summed E-state index contributed by atoms with van der Waals surface area (Å²) in [6.45, 7) is 6.08. The molecule has 0 N–H and O–H groups in total. The van der Waals surface area contributed by atoms with Gasteiger partial charge in [-0.3, -0.25) is 15.1 Å². The molecule has 0 aliphatic carbocycles. The Morgan fingerprint density at radius 3 is 2.50 bits per heavy atom. The maximum absolute atomic E-state index is 10.9. The molecule has 3 aromatic rings. The normalized spacial score (nSPS) is 12.4. The van der Waals surface area contributed by atoms with Crippen molar-refractivity contribution in [3.63, 3.8) is 0 Å². The fraction of sp³-hybridized carbons (Fsp3) is 0.222. The van der Waals surface area contributed by atoms with E-state index in [4.69, 9.17) is 0 Å². The molecule has 0 atom stereocenters. The van der Waals surface area contributed by atoms with Crippen LogP contribution in [-0.2, 0) is 0 Å². The SMILES string of the molecule is Cc1ccsc1C=Nn1c(-c2ccc([N+](=O)[O-])cc2)csc1=NC(C)C. The Labute approximate surface area is 158 Å². The number of hydrogen-bond acceptors (Lipinski definition) is 6. The Morgan fingerprint density at radius 1 is 1.19 bits per heavy atom. The van der Waals surface area contributed by atoms with E-state index in [0.717, 1.165) is 20.9 Å². The Kier molecular flexibility index (Phi) is 5.43. The van der Waals surface area contributed by atoms with Gasteiger partial charge in [0.05, 0.1) is 21.7 Å². The number of thiazole rings is 1. The highest BCUT2D eigenvalue weighted by atomic mass is 32.1. The molecule has 0 fully saturated rings. The van der Waals surface area contributed by atoms with E-state index in [0.29, 0.717) is 0 Å². The van der Waals surface area contributed by atoms with Gasteiger partial charge in [0.1, 0.15) is 0 Å². The number of hydrogen-bond donors (Lipinski definition) is 0. The molecule has 2 aromatic heterocycles. The Hall–Kier alpha value is -2.58. The molecular formula is C18H18N4O2S2. The number of nitrogens with zero attached hydrogens (tertiary/aromatic N) is 4. The number of nitro benzene ring substituents is 1. The van der Waals surface area contributed by atoms with Gasteiger partial charge in [0.25, 0.3) is 5.69 Å². The predicted molar refractivity (Wildman–Crippen MR) is 107 cm³/mol. The van der Waals surface area contributed by atoms with Crippen LogP contribution in [0.25, 0.3) is 11.3 Å². The third-order valence-electron chi connectivity index (χ3n) is 3.62. The molecule has 26 heavy (non-hydrogen) atoms. The average Bonchev–Trinajstić information content (AvgIpc) is 3.18. The van der Waals surface area contributed by atoms with Crippen molar-refractivity contribution in [2.75, 3.05) is 0 Å². The van der Waals surface area contributed by atoms with Gasteiger partial charge in [0, 0.05) is 29.1 Å². The van der Waals surface area contributed by atoms with Crippen molar-refractivity contribution < 1.29 is 4.92 Å². The summed E-state index contributed by atoms with van der Waals surface area (Å²) in [5, 5.41) is 19.5. The van der Waals surface area contributed by atoms with Crippen molar-refractivity contribution in [2.24, 2.45) is 10.1 Å². The second-order valence-electron chi connectivity index (χ2n) is 5.95. The highest BCUT2D eigenvalue weighted by Gasteiger charge is 2.11. The van der Waals surface area contributed by atoms with Crippen LogP contribution in [-0.4, -0.2) is 21.9 Å². The smallest absolute Gasteiger partial charge is 0.258 e. The Morgan fingerprint density at radius 2 is 1.92 bits per heavy atom. The molecule has 0 bridgehead atoms. The van der Waals surface area contributed by atoms with Crippen molar-refractivity contribution in [1.29, 1.82) is 0 Å². The number of thiophene rings is 1.